The van der Waals surface area contributed by atoms with Gasteiger partial charge in [-0.15, -0.1) is 0 Å². The number of carbonyl (C=O) groups excluding carboxylic acids is 1. The number of nitrogens with two attached hydrogens (primary N) is 1. The van der Waals surface area contributed by atoms with Gasteiger partial charge >= 0.3 is 0 Å². The number of rotatable bonds is 6. The monoisotopic (exact) mass is 531 g/mol. The number of amides is 1. The molecule has 0 saturated carbocycles. The van der Waals surface area contributed by atoms with Gasteiger partial charge in [-0.3, -0.25) is 9.69 Å². The molecule has 11 heteroatoms. The van der Waals surface area contributed by atoms with Gasteiger partial charge in [-0.1, -0.05) is 30.3 Å². The van der Waals surface area contributed by atoms with Gasteiger partial charge in [0.2, 0.25) is 5.95 Å². The highest BCUT2D eigenvalue weighted by molar-refractivity contribution is 7.99. The molecule has 192 valence electrons. The van der Waals surface area contributed by atoms with Crippen LogP contribution in [0.2, 0.25) is 5.02 Å². The van der Waals surface area contributed by atoms with E-state index in [1.54, 1.807) is 29.1 Å². The number of carbonyl (C=O) groups is 1. The highest BCUT2D eigenvalue weighted by Crippen LogP contribution is 2.36. The van der Waals surface area contributed by atoms with Crippen LogP contribution in [-0.2, 0) is 11.3 Å². The molecule has 0 radical (unpaired) electrons. The quantitative estimate of drug-likeness (QED) is 0.473. The molecule has 2 aliphatic rings. The lowest BCUT2D eigenvalue weighted by atomic mass is 9.90. The average molecular weight is 532 g/mol. The third kappa shape index (κ3) is 5.17. The van der Waals surface area contributed by atoms with Crippen molar-refractivity contribution in [1.82, 2.24) is 29.3 Å². The van der Waals surface area contributed by atoms with Crippen molar-refractivity contribution in [2.75, 3.05) is 37.7 Å². The zero-order valence-electron chi connectivity index (χ0n) is 20.4. The van der Waals surface area contributed by atoms with E-state index in [1.807, 2.05) is 18.2 Å². The Morgan fingerprint density at radius 3 is 2.56 bits per heavy atom. The van der Waals surface area contributed by atoms with Crippen molar-refractivity contribution in [2.24, 2.45) is 0 Å². The second kappa shape index (κ2) is 10.5. The highest BCUT2D eigenvalue weighted by Gasteiger charge is 2.45. The van der Waals surface area contributed by atoms with Crippen LogP contribution in [0.5, 0.6) is 0 Å². The first-order valence-electron chi connectivity index (χ1n) is 12.4. The number of piperidine rings is 2. The molecule has 0 unspecified atom stereocenters. The number of benzene rings is 1. The summed E-state index contributed by atoms with van der Waals surface area (Å²) in [4.78, 5) is 29.9. The van der Waals surface area contributed by atoms with Gasteiger partial charge in [-0.05, 0) is 36.8 Å². The van der Waals surface area contributed by atoms with Crippen molar-refractivity contribution >= 4 is 46.3 Å². The second-order valence-electron chi connectivity index (χ2n) is 9.54. The maximum Gasteiger partial charge on any atom is 0.260 e. The van der Waals surface area contributed by atoms with Gasteiger partial charge in [0.15, 0.2) is 10.8 Å². The summed E-state index contributed by atoms with van der Waals surface area (Å²) in [5.41, 5.74) is 6.62. The zero-order chi connectivity index (χ0) is 25.3. The van der Waals surface area contributed by atoms with E-state index in [2.05, 4.69) is 26.4 Å². The normalized spacial score (nSPS) is 19.1. The van der Waals surface area contributed by atoms with Gasteiger partial charge in [0, 0.05) is 74.6 Å². The molecule has 2 N–H and O–H groups in total. The zero-order valence-corrected chi connectivity index (χ0v) is 21.9. The molecule has 2 aliphatic heterocycles. The molecule has 8 nitrogen and oxygen atoms in total. The van der Waals surface area contributed by atoms with Crippen LogP contribution in [-0.4, -0.2) is 72.8 Å². The fourth-order valence-corrected chi connectivity index (χ4v) is 6.20. The predicted octanol–water partition coefficient (Wildman–Crippen LogP) is 4.34. The summed E-state index contributed by atoms with van der Waals surface area (Å²) in [6.45, 7) is 4.86. The van der Waals surface area contributed by atoms with Crippen LogP contribution < -0.4 is 5.73 Å². The van der Waals surface area contributed by atoms with Crippen molar-refractivity contribution in [2.45, 2.75) is 56.0 Å². The van der Waals surface area contributed by atoms with E-state index in [-0.39, 0.29) is 30.7 Å². The first-order chi connectivity index (χ1) is 17.4. The Bertz CT molecular complexity index is 1220. The number of aromatic nitrogens is 4. The smallest absolute Gasteiger partial charge is 0.260 e. The van der Waals surface area contributed by atoms with Crippen molar-refractivity contribution in [3.05, 3.63) is 41.2 Å². The maximum absolute atomic E-state index is 15.8. The molecule has 1 amide bonds. The Morgan fingerprint density at radius 2 is 1.89 bits per heavy atom. The van der Waals surface area contributed by atoms with Crippen LogP contribution in [0.25, 0.3) is 11.0 Å². The summed E-state index contributed by atoms with van der Waals surface area (Å²) < 4.78 is 18.1. The summed E-state index contributed by atoms with van der Waals surface area (Å²) in [6, 6.07) is 6.02. The summed E-state index contributed by atoms with van der Waals surface area (Å²) in [7, 11) is 0. The minimum atomic E-state index is -1.80. The molecular weight excluding hydrogens is 501 g/mol. The van der Waals surface area contributed by atoms with E-state index >= 15 is 4.39 Å². The number of imidazole rings is 1. The average Bonchev–Trinajstić information content (AvgIpc) is 3.23. The van der Waals surface area contributed by atoms with E-state index < -0.39 is 5.67 Å². The van der Waals surface area contributed by atoms with Crippen LogP contribution in [0.4, 0.5) is 10.3 Å². The molecule has 5 rings (SSSR count). The number of fused-ring (bicyclic) bond motifs is 1. The molecule has 2 saturated heterocycles. The largest absolute Gasteiger partial charge is 0.368 e. The van der Waals surface area contributed by atoms with Gasteiger partial charge in [0.1, 0.15) is 0 Å². The Kier molecular flexibility index (Phi) is 7.37. The SMILES string of the molecule is CCSc1nc2cc(Cl)ccc2n1C1CCN(C(=O)C2(F)CCN(Cc3cnc(N)nc3)CC2)CC1. The molecule has 0 atom stereocenters. The molecule has 0 bridgehead atoms. The lowest BCUT2D eigenvalue weighted by Gasteiger charge is -2.40. The Morgan fingerprint density at radius 1 is 1.19 bits per heavy atom. The van der Waals surface area contributed by atoms with Crippen LogP contribution in [0, 0.1) is 0 Å². The molecule has 0 aliphatic carbocycles. The maximum atomic E-state index is 15.8. The first-order valence-corrected chi connectivity index (χ1v) is 13.8. The molecule has 2 fully saturated rings. The van der Waals surface area contributed by atoms with Crippen molar-refractivity contribution in [3.8, 4) is 0 Å². The lowest BCUT2D eigenvalue weighted by Crippen LogP contribution is -2.53. The number of thioether (sulfide) groups is 1. The number of halogens is 2. The predicted molar refractivity (Wildman–Crippen MR) is 141 cm³/mol. The standard InChI is InChI=1S/C25H31ClFN7OS/c1-2-36-24-31-20-13-18(26)3-4-21(20)34(24)19-5-9-33(10-6-19)22(35)25(27)7-11-32(12-8-25)16-17-14-29-23(28)30-15-17/h3-4,13-15,19H,2,5-12,16H2,1H3,(H2,28,29,30). The van der Waals surface area contributed by atoms with Gasteiger partial charge in [-0.2, -0.15) is 0 Å². The van der Waals surface area contributed by atoms with Crippen molar-refractivity contribution in [1.29, 1.82) is 0 Å². The number of alkyl halides is 1. The van der Waals surface area contributed by atoms with Crippen LogP contribution in [0.3, 0.4) is 0 Å². The summed E-state index contributed by atoms with van der Waals surface area (Å²) in [5.74, 6) is 0.795. The third-order valence-electron chi connectivity index (χ3n) is 7.17. The van der Waals surface area contributed by atoms with Gasteiger partial charge < -0.3 is 15.2 Å². The number of nitrogens with zero attached hydrogens (tertiary/aromatic N) is 6. The fourth-order valence-electron chi connectivity index (χ4n) is 5.23. The van der Waals surface area contributed by atoms with Crippen molar-refractivity contribution < 1.29 is 9.18 Å². The molecule has 2 aromatic heterocycles. The van der Waals surface area contributed by atoms with E-state index in [1.165, 1.54) is 0 Å². The summed E-state index contributed by atoms with van der Waals surface area (Å²) >= 11 is 7.90. The third-order valence-corrected chi connectivity index (χ3v) is 8.24. The minimum absolute atomic E-state index is 0.200. The first kappa shape index (κ1) is 25.2. The molecule has 1 aromatic carbocycles. The molecule has 0 spiro atoms. The number of nitrogen functional groups attached to an aromatic ring is 1. The minimum Gasteiger partial charge on any atom is -0.368 e. The molecule has 4 heterocycles. The highest BCUT2D eigenvalue weighted by atomic mass is 35.5. The molecule has 36 heavy (non-hydrogen) atoms. The Hall–Kier alpha value is -2.43. The molecule has 3 aromatic rings. The summed E-state index contributed by atoms with van der Waals surface area (Å²) in [6.07, 6.45) is 5.33. The van der Waals surface area contributed by atoms with Crippen LogP contribution in [0.1, 0.15) is 44.2 Å². The fraction of sp³-hybridized carbons (Fsp3) is 0.520. The van der Waals surface area contributed by atoms with Gasteiger partial charge in [-0.25, -0.2) is 19.3 Å². The Labute approximate surface area is 219 Å². The van der Waals surface area contributed by atoms with Crippen LogP contribution in [0.15, 0.2) is 35.7 Å². The number of likely N-dealkylation sites (tertiary alicyclic amines) is 2. The number of hydrogen-bond donors (Lipinski definition) is 1. The lowest BCUT2D eigenvalue weighted by molar-refractivity contribution is -0.149. The molecular formula is C25H31ClFN7OS. The Balaban J connectivity index is 1.20. The van der Waals surface area contributed by atoms with E-state index in [0.717, 1.165) is 40.3 Å². The topological polar surface area (TPSA) is 93.2 Å². The number of anilines is 1. The number of hydrogen-bond acceptors (Lipinski definition) is 7. The van der Waals surface area contributed by atoms with Gasteiger partial charge in [0.05, 0.1) is 11.0 Å². The van der Waals surface area contributed by atoms with Gasteiger partial charge in [0.25, 0.3) is 5.91 Å². The van der Waals surface area contributed by atoms with Crippen LogP contribution >= 0.6 is 23.4 Å². The van der Waals surface area contributed by atoms with E-state index in [0.29, 0.717) is 37.7 Å². The van der Waals surface area contributed by atoms with Crippen molar-refractivity contribution in [3.63, 3.8) is 0 Å². The second-order valence-corrected chi connectivity index (χ2v) is 11.2. The summed E-state index contributed by atoms with van der Waals surface area (Å²) in [5, 5.41) is 1.64. The van der Waals surface area contributed by atoms with E-state index in [9.17, 15) is 4.79 Å². The van der Waals surface area contributed by atoms with E-state index in [4.69, 9.17) is 22.3 Å².